The molecule has 37 heavy (non-hydrogen) atoms. The summed E-state index contributed by atoms with van der Waals surface area (Å²) in [5, 5.41) is 27.4. The fraction of sp³-hybridized carbons (Fsp3) is 0.240. The van der Waals surface area contributed by atoms with Gasteiger partial charge in [0.25, 0.3) is 5.69 Å². The highest BCUT2D eigenvalue weighted by Crippen LogP contribution is 2.40. The van der Waals surface area contributed by atoms with Crippen LogP contribution in [0.2, 0.25) is 10.0 Å². The quantitative estimate of drug-likeness (QED) is 0.0890. The third-order valence-electron chi connectivity index (χ3n) is 5.63. The second-order valence-electron chi connectivity index (χ2n) is 8.16. The number of benzene rings is 2. The molecule has 4 rings (SSSR count). The number of carboxylic acids is 1. The molecular weight excluding hydrogens is 555 g/mol. The number of nitrogens with zero attached hydrogens (tertiary/aromatic N) is 4. The Kier molecular flexibility index (Phi) is 8.53. The molecule has 0 aliphatic carbocycles. The molecule has 8 nitrogen and oxygen atoms in total. The SMILES string of the molecule is CCCCSc1sc(-n2nc(C)c(Cc3ccccc3[N+](=O)[O-])c2C(=O)O)nc1-c1ccc(Cl)c(Cl)c1. The van der Waals surface area contributed by atoms with E-state index in [1.54, 1.807) is 49.0 Å². The van der Waals surface area contributed by atoms with Crippen molar-refractivity contribution >= 4 is 58.0 Å². The van der Waals surface area contributed by atoms with E-state index in [0.29, 0.717) is 37.7 Å². The largest absolute Gasteiger partial charge is 0.476 e. The van der Waals surface area contributed by atoms with Gasteiger partial charge in [0.05, 0.1) is 30.6 Å². The lowest BCUT2D eigenvalue weighted by Gasteiger charge is -2.05. The summed E-state index contributed by atoms with van der Waals surface area (Å²) in [6, 6.07) is 11.5. The molecule has 0 atom stereocenters. The summed E-state index contributed by atoms with van der Waals surface area (Å²) in [5.74, 6) is -0.320. The molecule has 0 aliphatic heterocycles. The molecule has 0 fully saturated rings. The molecule has 0 aliphatic rings. The minimum Gasteiger partial charge on any atom is -0.476 e. The number of para-hydroxylation sites is 1. The van der Waals surface area contributed by atoms with Gasteiger partial charge in [-0.15, -0.1) is 11.8 Å². The van der Waals surface area contributed by atoms with Gasteiger partial charge in [-0.2, -0.15) is 9.78 Å². The first-order valence-electron chi connectivity index (χ1n) is 11.3. The number of thioether (sulfide) groups is 1. The van der Waals surface area contributed by atoms with Crippen LogP contribution in [0.5, 0.6) is 0 Å². The molecule has 0 saturated heterocycles. The maximum absolute atomic E-state index is 12.4. The summed E-state index contributed by atoms with van der Waals surface area (Å²) in [6.45, 7) is 3.81. The van der Waals surface area contributed by atoms with Crippen LogP contribution in [0.3, 0.4) is 0 Å². The predicted octanol–water partition coefficient (Wildman–Crippen LogP) is 7.70. The molecule has 0 saturated carbocycles. The molecule has 12 heteroatoms. The molecule has 0 spiro atoms. The fourth-order valence-electron chi connectivity index (χ4n) is 3.78. The van der Waals surface area contributed by atoms with Crippen molar-refractivity contribution in [2.45, 2.75) is 37.3 Å². The zero-order chi connectivity index (χ0) is 26.7. The van der Waals surface area contributed by atoms with E-state index < -0.39 is 10.9 Å². The van der Waals surface area contributed by atoms with E-state index in [9.17, 15) is 20.0 Å². The van der Waals surface area contributed by atoms with Crippen molar-refractivity contribution in [1.82, 2.24) is 14.8 Å². The number of thiazole rings is 1. The van der Waals surface area contributed by atoms with Crippen LogP contribution < -0.4 is 0 Å². The summed E-state index contributed by atoms with van der Waals surface area (Å²) in [7, 11) is 0. The van der Waals surface area contributed by atoms with E-state index in [2.05, 4.69) is 12.0 Å². The third kappa shape index (κ3) is 5.82. The number of hydrogen-bond donors (Lipinski definition) is 1. The second kappa shape index (κ2) is 11.6. The van der Waals surface area contributed by atoms with E-state index in [-0.39, 0.29) is 17.8 Å². The summed E-state index contributed by atoms with van der Waals surface area (Å²) >= 11 is 15.4. The van der Waals surface area contributed by atoms with Crippen LogP contribution >= 0.6 is 46.3 Å². The number of hydrogen-bond acceptors (Lipinski definition) is 7. The molecule has 2 heterocycles. The first-order chi connectivity index (χ1) is 17.7. The first-order valence-corrected chi connectivity index (χ1v) is 13.9. The van der Waals surface area contributed by atoms with Crippen molar-refractivity contribution in [3.05, 3.63) is 85.1 Å². The highest BCUT2D eigenvalue weighted by molar-refractivity contribution is 8.01. The number of aromatic nitrogens is 3. The lowest BCUT2D eigenvalue weighted by atomic mass is 10.0. The lowest BCUT2D eigenvalue weighted by molar-refractivity contribution is -0.385. The Morgan fingerprint density at radius 3 is 2.65 bits per heavy atom. The monoisotopic (exact) mass is 576 g/mol. The van der Waals surface area contributed by atoms with Crippen LogP contribution in [-0.2, 0) is 6.42 Å². The first kappa shape index (κ1) is 27.1. The van der Waals surface area contributed by atoms with Gasteiger partial charge in [-0.3, -0.25) is 10.1 Å². The van der Waals surface area contributed by atoms with Crippen LogP contribution in [0.1, 0.15) is 47.1 Å². The maximum atomic E-state index is 12.4. The van der Waals surface area contributed by atoms with Crippen molar-refractivity contribution in [2.24, 2.45) is 0 Å². The minimum absolute atomic E-state index is 0.0494. The number of nitro groups is 1. The van der Waals surface area contributed by atoms with Crippen LogP contribution in [0.4, 0.5) is 5.69 Å². The summed E-state index contributed by atoms with van der Waals surface area (Å²) in [6.07, 6.45) is 2.10. The third-order valence-corrected chi connectivity index (χ3v) is 8.75. The zero-order valence-corrected chi connectivity index (χ0v) is 23.0. The van der Waals surface area contributed by atoms with Gasteiger partial charge in [-0.1, -0.05) is 72.1 Å². The normalized spacial score (nSPS) is 11.1. The van der Waals surface area contributed by atoms with Crippen molar-refractivity contribution in [1.29, 1.82) is 0 Å². The number of unbranched alkanes of at least 4 members (excludes halogenated alkanes) is 1. The van der Waals surface area contributed by atoms with Crippen LogP contribution in [0.25, 0.3) is 16.4 Å². The van der Waals surface area contributed by atoms with Crippen molar-refractivity contribution < 1.29 is 14.8 Å². The molecule has 0 unspecified atom stereocenters. The predicted molar refractivity (Wildman–Crippen MR) is 148 cm³/mol. The molecule has 1 N–H and O–H groups in total. The lowest BCUT2D eigenvalue weighted by Crippen LogP contribution is -2.10. The molecule has 0 amide bonds. The van der Waals surface area contributed by atoms with Gasteiger partial charge in [0, 0.05) is 29.2 Å². The molecule has 192 valence electrons. The maximum Gasteiger partial charge on any atom is 0.355 e. The van der Waals surface area contributed by atoms with Gasteiger partial charge in [-0.05, 0) is 31.2 Å². The van der Waals surface area contributed by atoms with E-state index in [0.717, 1.165) is 28.4 Å². The summed E-state index contributed by atoms with van der Waals surface area (Å²) < 4.78 is 2.23. The smallest absolute Gasteiger partial charge is 0.355 e. The van der Waals surface area contributed by atoms with Crippen molar-refractivity contribution in [3.8, 4) is 16.4 Å². The number of carbonyl (C=O) groups is 1. The highest BCUT2D eigenvalue weighted by atomic mass is 35.5. The number of rotatable bonds is 10. The Hall–Kier alpha value is -2.92. The number of halogens is 2. The minimum atomic E-state index is -1.19. The molecule has 0 bridgehead atoms. The van der Waals surface area contributed by atoms with Crippen LogP contribution in [0, 0.1) is 17.0 Å². The van der Waals surface area contributed by atoms with E-state index in [4.69, 9.17) is 28.2 Å². The number of aromatic carboxylic acids is 1. The number of carboxylic acid groups (broad SMARTS) is 1. The van der Waals surface area contributed by atoms with Gasteiger partial charge in [0.2, 0.25) is 5.13 Å². The highest BCUT2D eigenvalue weighted by Gasteiger charge is 2.27. The molecule has 4 aromatic rings. The van der Waals surface area contributed by atoms with Gasteiger partial charge in [0.15, 0.2) is 5.69 Å². The Bertz CT molecular complexity index is 1490. The number of nitro benzene ring substituents is 1. The fourth-order valence-corrected chi connectivity index (χ4v) is 6.48. The van der Waals surface area contributed by atoms with E-state index >= 15 is 0 Å². The van der Waals surface area contributed by atoms with E-state index in [1.807, 2.05) is 6.07 Å². The average molecular weight is 578 g/mol. The molecule has 2 aromatic heterocycles. The Morgan fingerprint density at radius 2 is 1.97 bits per heavy atom. The standard InChI is InChI=1S/C25H22Cl2N4O4S2/c1-3-4-11-36-24-21(16-9-10-18(26)19(27)13-16)28-25(37-24)30-22(23(32)33)17(14(2)29-30)12-15-7-5-6-8-20(15)31(34)35/h5-10,13H,3-4,11-12H2,1-2H3,(H,32,33). The van der Waals surface area contributed by atoms with Crippen LogP contribution in [0.15, 0.2) is 46.7 Å². The summed E-state index contributed by atoms with van der Waals surface area (Å²) in [5.41, 5.74) is 2.55. The van der Waals surface area contributed by atoms with Gasteiger partial charge < -0.3 is 5.11 Å². The van der Waals surface area contributed by atoms with Crippen molar-refractivity contribution in [3.63, 3.8) is 0 Å². The van der Waals surface area contributed by atoms with Gasteiger partial charge in [-0.25, -0.2) is 9.78 Å². The molecule has 0 radical (unpaired) electrons. The average Bonchev–Trinajstić information content (AvgIpc) is 3.42. The molecule has 2 aromatic carbocycles. The Morgan fingerprint density at radius 1 is 1.22 bits per heavy atom. The second-order valence-corrected chi connectivity index (χ2v) is 11.3. The van der Waals surface area contributed by atoms with Crippen LogP contribution in [-0.4, -0.2) is 36.5 Å². The van der Waals surface area contributed by atoms with Crippen molar-refractivity contribution in [2.75, 3.05) is 5.75 Å². The summed E-state index contributed by atoms with van der Waals surface area (Å²) in [4.78, 5) is 28.3. The Labute approximate surface area is 231 Å². The molecular formula is C25H22Cl2N4O4S2. The van der Waals surface area contributed by atoms with Gasteiger partial charge >= 0.3 is 5.97 Å². The topological polar surface area (TPSA) is 111 Å². The Balaban J connectivity index is 1.83. The number of aryl methyl sites for hydroxylation is 1. The zero-order valence-electron chi connectivity index (χ0n) is 19.9. The van der Waals surface area contributed by atoms with E-state index in [1.165, 1.54) is 22.1 Å². The van der Waals surface area contributed by atoms with Gasteiger partial charge in [0.1, 0.15) is 0 Å².